The Labute approximate surface area is 110 Å². The number of aliphatic hydroxyl groups excluding tert-OH is 1. The number of unbranched alkanes of at least 4 members (excludes halogenated alkanes) is 2. The maximum atomic E-state index is 9.06. The molecule has 96 valence electrons. The molecule has 1 rings (SSSR count). The average molecular weight is 253 g/mol. The smallest absolute Gasteiger partial charge is 0.0558 e. The van der Waals surface area contributed by atoms with Gasteiger partial charge in [0, 0.05) is 13.1 Å². The molecule has 1 N–H and O–H groups in total. The van der Waals surface area contributed by atoms with Gasteiger partial charge in [-0.2, -0.15) is 12.6 Å². The van der Waals surface area contributed by atoms with E-state index < -0.39 is 0 Å². The Balaban J connectivity index is 2.32. The van der Waals surface area contributed by atoms with Crippen molar-refractivity contribution < 1.29 is 5.11 Å². The molecule has 0 spiro atoms. The Hall–Kier alpha value is -0.510. The van der Waals surface area contributed by atoms with Crippen LogP contribution in [0.25, 0.3) is 0 Å². The van der Waals surface area contributed by atoms with Crippen LogP contribution >= 0.6 is 12.6 Å². The molecule has 17 heavy (non-hydrogen) atoms. The quantitative estimate of drug-likeness (QED) is 0.522. The summed E-state index contributed by atoms with van der Waals surface area (Å²) < 4.78 is 0. The van der Waals surface area contributed by atoms with Crippen molar-refractivity contribution in [3.8, 4) is 0 Å². The lowest BCUT2D eigenvalue weighted by Gasteiger charge is -2.21. The highest BCUT2D eigenvalue weighted by Gasteiger charge is 2.04. The van der Waals surface area contributed by atoms with Gasteiger partial charge in [-0.05, 0) is 30.7 Å². The van der Waals surface area contributed by atoms with Gasteiger partial charge in [0.2, 0.25) is 0 Å². The van der Waals surface area contributed by atoms with Gasteiger partial charge in [0.25, 0.3) is 0 Å². The summed E-state index contributed by atoms with van der Waals surface area (Å²) in [5, 5.41) is 9.06. The number of benzene rings is 1. The highest BCUT2D eigenvalue weighted by atomic mass is 32.1. The lowest BCUT2D eigenvalue weighted by atomic mass is 10.2. The van der Waals surface area contributed by atoms with E-state index in [1.165, 1.54) is 24.8 Å². The zero-order valence-corrected chi connectivity index (χ0v) is 11.3. The van der Waals surface area contributed by atoms with Crippen molar-refractivity contribution in [1.82, 2.24) is 4.90 Å². The van der Waals surface area contributed by atoms with Crippen LogP contribution in [0.4, 0.5) is 0 Å². The number of thiol groups is 1. The van der Waals surface area contributed by atoms with Gasteiger partial charge < -0.3 is 5.11 Å². The molecule has 0 fully saturated rings. The maximum absolute atomic E-state index is 9.06. The molecule has 0 saturated heterocycles. The van der Waals surface area contributed by atoms with Crippen molar-refractivity contribution in [2.24, 2.45) is 0 Å². The Morgan fingerprint density at radius 3 is 2.41 bits per heavy atom. The molecule has 0 aliphatic heterocycles. The van der Waals surface area contributed by atoms with E-state index in [1.54, 1.807) is 0 Å². The van der Waals surface area contributed by atoms with Gasteiger partial charge in [0.1, 0.15) is 0 Å². The van der Waals surface area contributed by atoms with E-state index in [0.717, 1.165) is 25.4 Å². The minimum atomic E-state index is 0.236. The zero-order valence-electron chi connectivity index (χ0n) is 10.4. The molecule has 0 saturated carbocycles. The van der Waals surface area contributed by atoms with Gasteiger partial charge in [-0.15, -0.1) is 0 Å². The lowest BCUT2D eigenvalue weighted by Crippen LogP contribution is -2.27. The molecule has 0 heterocycles. The van der Waals surface area contributed by atoms with E-state index in [0.29, 0.717) is 0 Å². The molecule has 0 aliphatic rings. The summed E-state index contributed by atoms with van der Waals surface area (Å²) in [6.45, 7) is 2.99. The van der Waals surface area contributed by atoms with E-state index >= 15 is 0 Å². The maximum Gasteiger partial charge on any atom is 0.0558 e. The van der Waals surface area contributed by atoms with Crippen LogP contribution in [0.15, 0.2) is 30.3 Å². The van der Waals surface area contributed by atoms with Crippen molar-refractivity contribution in [3.63, 3.8) is 0 Å². The number of hydrogen-bond donors (Lipinski definition) is 2. The van der Waals surface area contributed by atoms with Crippen molar-refractivity contribution in [1.29, 1.82) is 0 Å². The number of aliphatic hydroxyl groups is 1. The van der Waals surface area contributed by atoms with Crippen LogP contribution in [-0.4, -0.2) is 35.5 Å². The molecule has 0 atom stereocenters. The molecular formula is C14H23NOS. The Morgan fingerprint density at radius 1 is 1.00 bits per heavy atom. The minimum absolute atomic E-state index is 0.236. The molecule has 2 nitrogen and oxygen atoms in total. The van der Waals surface area contributed by atoms with Crippen molar-refractivity contribution >= 4 is 12.6 Å². The molecule has 0 amide bonds. The van der Waals surface area contributed by atoms with Crippen LogP contribution in [0.5, 0.6) is 0 Å². The molecular weight excluding hydrogens is 230 g/mol. The summed E-state index contributed by atoms with van der Waals surface area (Å²) in [6, 6.07) is 10.4. The molecule has 0 unspecified atom stereocenters. The first-order valence-electron chi connectivity index (χ1n) is 6.35. The van der Waals surface area contributed by atoms with E-state index in [9.17, 15) is 0 Å². The third-order valence-corrected chi connectivity index (χ3v) is 3.11. The van der Waals surface area contributed by atoms with Gasteiger partial charge in [0.15, 0.2) is 0 Å². The first kappa shape index (κ1) is 14.6. The molecule has 1 aromatic rings. The highest BCUT2D eigenvalue weighted by molar-refractivity contribution is 7.80. The number of nitrogens with zero attached hydrogens (tertiary/aromatic N) is 1. The number of hydrogen-bond acceptors (Lipinski definition) is 3. The third kappa shape index (κ3) is 6.71. The Morgan fingerprint density at radius 2 is 1.76 bits per heavy atom. The molecule has 3 heteroatoms. The molecule has 0 aromatic heterocycles. The second kappa shape index (κ2) is 9.51. The fourth-order valence-corrected chi connectivity index (χ4v) is 2.10. The van der Waals surface area contributed by atoms with E-state index in [1.807, 2.05) is 6.07 Å². The van der Waals surface area contributed by atoms with Crippen LogP contribution < -0.4 is 0 Å². The van der Waals surface area contributed by atoms with Crippen molar-refractivity contribution in [2.45, 2.75) is 25.8 Å². The average Bonchev–Trinajstić information content (AvgIpc) is 2.36. The highest BCUT2D eigenvalue weighted by Crippen LogP contribution is 2.06. The van der Waals surface area contributed by atoms with Crippen molar-refractivity contribution in [2.75, 3.05) is 25.4 Å². The predicted molar refractivity (Wildman–Crippen MR) is 76.5 cm³/mol. The van der Waals surface area contributed by atoms with Crippen LogP contribution in [0.2, 0.25) is 0 Å². The standard InChI is InChI=1S/C14H23NOS/c16-11-10-15(9-5-2-6-12-17)13-14-7-3-1-4-8-14/h1,3-4,7-8,16-17H,2,5-6,9-13H2. The van der Waals surface area contributed by atoms with E-state index in [4.69, 9.17) is 5.11 Å². The first-order chi connectivity index (χ1) is 8.36. The summed E-state index contributed by atoms with van der Waals surface area (Å²) in [5.41, 5.74) is 1.31. The largest absolute Gasteiger partial charge is 0.395 e. The van der Waals surface area contributed by atoms with Gasteiger partial charge in [-0.25, -0.2) is 0 Å². The lowest BCUT2D eigenvalue weighted by molar-refractivity contribution is 0.187. The number of rotatable bonds is 9. The second-order valence-corrected chi connectivity index (χ2v) is 4.72. The molecule has 1 aromatic carbocycles. The Kier molecular flexibility index (Phi) is 8.14. The monoisotopic (exact) mass is 253 g/mol. The van der Waals surface area contributed by atoms with E-state index in [2.05, 4.69) is 41.8 Å². The van der Waals surface area contributed by atoms with E-state index in [-0.39, 0.29) is 6.61 Å². The third-order valence-electron chi connectivity index (χ3n) is 2.80. The fraction of sp³-hybridized carbons (Fsp3) is 0.571. The van der Waals surface area contributed by atoms with Crippen LogP contribution in [0.1, 0.15) is 24.8 Å². The van der Waals surface area contributed by atoms with Gasteiger partial charge >= 0.3 is 0 Å². The molecule has 0 radical (unpaired) electrons. The minimum Gasteiger partial charge on any atom is -0.395 e. The molecule has 0 bridgehead atoms. The Bertz CT molecular complexity index is 279. The first-order valence-corrected chi connectivity index (χ1v) is 6.98. The summed E-state index contributed by atoms with van der Waals surface area (Å²) in [5.74, 6) is 0.971. The second-order valence-electron chi connectivity index (χ2n) is 4.27. The van der Waals surface area contributed by atoms with Crippen LogP contribution in [0, 0.1) is 0 Å². The van der Waals surface area contributed by atoms with Gasteiger partial charge in [0.05, 0.1) is 6.61 Å². The van der Waals surface area contributed by atoms with Gasteiger partial charge in [-0.3, -0.25) is 4.90 Å². The van der Waals surface area contributed by atoms with Crippen molar-refractivity contribution in [3.05, 3.63) is 35.9 Å². The molecule has 0 aliphatic carbocycles. The summed E-state index contributed by atoms with van der Waals surface area (Å²) in [6.07, 6.45) is 3.59. The van der Waals surface area contributed by atoms with Crippen LogP contribution in [-0.2, 0) is 6.54 Å². The summed E-state index contributed by atoms with van der Waals surface area (Å²) in [7, 11) is 0. The summed E-state index contributed by atoms with van der Waals surface area (Å²) in [4.78, 5) is 2.31. The predicted octanol–water partition coefficient (Wildman–Crippen LogP) is 2.58. The zero-order chi connectivity index (χ0) is 12.3. The SMILES string of the molecule is OCCN(CCCCCS)Cc1ccccc1. The normalized spacial score (nSPS) is 11.0. The summed E-state index contributed by atoms with van der Waals surface area (Å²) >= 11 is 4.21. The topological polar surface area (TPSA) is 23.5 Å². The fourth-order valence-electron chi connectivity index (χ4n) is 1.88. The van der Waals surface area contributed by atoms with Crippen LogP contribution in [0.3, 0.4) is 0 Å². The van der Waals surface area contributed by atoms with Gasteiger partial charge in [-0.1, -0.05) is 36.8 Å².